The second kappa shape index (κ2) is 5.40. The van der Waals surface area contributed by atoms with Crippen molar-refractivity contribution in [3.05, 3.63) is 59.3 Å². The van der Waals surface area contributed by atoms with E-state index in [0.717, 1.165) is 11.6 Å². The van der Waals surface area contributed by atoms with Crippen molar-refractivity contribution >= 4 is 29.0 Å². The molecule has 0 spiro atoms. The lowest BCUT2D eigenvalue weighted by atomic mass is 10.1. The summed E-state index contributed by atoms with van der Waals surface area (Å²) in [5.41, 5.74) is 1.55. The van der Waals surface area contributed by atoms with E-state index in [1.165, 1.54) is 10.7 Å². The molecule has 0 atom stereocenters. The third kappa shape index (κ3) is 2.46. The Morgan fingerprint density at radius 1 is 1.36 bits per heavy atom. The average molecular weight is 297 g/mol. The van der Waals surface area contributed by atoms with Crippen LogP contribution in [0.2, 0.25) is 0 Å². The highest BCUT2D eigenvalue weighted by molar-refractivity contribution is 5.97. The lowest BCUT2D eigenvalue weighted by Gasteiger charge is -1.99. The van der Waals surface area contributed by atoms with Crippen LogP contribution in [-0.4, -0.2) is 25.8 Å². The lowest BCUT2D eigenvalue weighted by molar-refractivity contribution is 0.0696. The summed E-state index contributed by atoms with van der Waals surface area (Å²) < 4.78 is 15.5. The number of benzene rings is 1. The van der Waals surface area contributed by atoms with Crippen LogP contribution in [0.3, 0.4) is 0 Å². The minimum Gasteiger partial charge on any atom is -0.478 e. The van der Waals surface area contributed by atoms with Gasteiger partial charge in [-0.25, -0.2) is 9.18 Å². The number of carbonyl (C=O) groups is 1. The number of carboxylic acids is 1. The van der Waals surface area contributed by atoms with Gasteiger partial charge in [0, 0.05) is 24.8 Å². The van der Waals surface area contributed by atoms with Crippen LogP contribution in [-0.2, 0) is 7.05 Å². The third-order valence-electron chi connectivity index (χ3n) is 3.29. The SMILES string of the molecule is Cn1nc(/C=C/c2cccnc2)c2cc(C(=O)O)cc(F)c21. The molecule has 0 radical (unpaired) electrons. The van der Waals surface area contributed by atoms with E-state index >= 15 is 0 Å². The molecule has 0 amide bonds. The highest BCUT2D eigenvalue weighted by atomic mass is 19.1. The Kier molecular flexibility index (Phi) is 3.42. The van der Waals surface area contributed by atoms with E-state index in [0.29, 0.717) is 11.1 Å². The number of hydrogen-bond acceptors (Lipinski definition) is 3. The maximum atomic E-state index is 14.1. The van der Waals surface area contributed by atoms with Gasteiger partial charge in [-0.1, -0.05) is 12.1 Å². The van der Waals surface area contributed by atoms with E-state index in [-0.39, 0.29) is 11.1 Å². The number of pyridine rings is 1. The quantitative estimate of drug-likeness (QED) is 0.807. The van der Waals surface area contributed by atoms with Gasteiger partial charge < -0.3 is 5.11 Å². The number of halogens is 1. The third-order valence-corrected chi connectivity index (χ3v) is 3.29. The van der Waals surface area contributed by atoms with E-state index in [4.69, 9.17) is 5.11 Å². The first-order valence-electron chi connectivity index (χ1n) is 6.54. The molecule has 0 saturated carbocycles. The molecule has 3 rings (SSSR count). The molecule has 0 unspecified atom stereocenters. The van der Waals surface area contributed by atoms with E-state index in [9.17, 15) is 9.18 Å². The average Bonchev–Trinajstić information content (AvgIpc) is 2.83. The second-order valence-electron chi connectivity index (χ2n) is 4.79. The van der Waals surface area contributed by atoms with E-state index < -0.39 is 11.8 Å². The highest BCUT2D eigenvalue weighted by Crippen LogP contribution is 2.24. The van der Waals surface area contributed by atoms with E-state index in [1.54, 1.807) is 37.7 Å². The minimum absolute atomic E-state index is 0.103. The molecule has 0 saturated heterocycles. The van der Waals surface area contributed by atoms with Crippen LogP contribution in [0.4, 0.5) is 4.39 Å². The number of hydrogen-bond donors (Lipinski definition) is 1. The topological polar surface area (TPSA) is 68.0 Å². The van der Waals surface area contributed by atoms with Crippen molar-refractivity contribution in [1.29, 1.82) is 0 Å². The zero-order valence-electron chi connectivity index (χ0n) is 11.7. The standard InChI is InChI=1S/C16H12FN3O2/c1-20-15-12(7-11(16(21)22)8-13(15)17)14(19-20)5-4-10-3-2-6-18-9-10/h2-9H,1H3,(H,21,22)/b5-4+. The first kappa shape index (κ1) is 13.9. The second-order valence-corrected chi connectivity index (χ2v) is 4.79. The van der Waals surface area contributed by atoms with Crippen LogP contribution < -0.4 is 0 Å². The van der Waals surface area contributed by atoms with E-state index in [1.807, 2.05) is 6.07 Å². The molecule has 1 N–H and O–H groups in total. The smallest absolute Gasteiger partial charge is 0.335 e. The molecule has 110 valence electrons. The molecule has 22 heavy (non-hydrogen) atoms. The zero-order valence-corrected chi connectivity index (χ0v) is 11.7. The Morgan fingerprint density at radius 3 is 2.86 bits per heavy atom. The molecule has 3 aromatic rings. The molecule has 5 nitrogen and oxygen atoms in total. The van der Waals surface area contributed by atoms with Crippen LogP contribution in [0.15, 0.2) is 36.7 Å². The van der Waals surface area contributed by atoms with Crippen molar-refractivity contribution in [2.75, 3.05) is 0 Å². The van der Waals surface area contributed by atoms with Crippen molar-refractivity contribution in [2.45, 2.75) is 0 Å². The molecule has 0 aliphatic heterocycles. The van der Waals surface area contributed by atoms with Crippen molar-refractivity contribution in [2.24, 2.45) is 7.05 Å². The van der Waals surface area contributed by atoms with Crippen LogP contribution in [0.5, 0.6) is 0 Å². The summed E-state index contributed by atoms with van der Waals surface area (Å²) in [6.07, 6.45) is 6.86. The predicted octanol–water partition coefficient (Wildman–Crippen LogP) is 2.98. The first-order chi connectivity index (χ1) is 10.6. The number of aromatic carboxylic acids is 1. The molecular weight excluding hydrogens is 285 g/mol. The number of carboxylic acid groups (broad SMARTS) is 1. The van der Waals surface area contributed by atoms with Crippen LogP contribution >= 0.6 is 0 Å². The van der Waals surface area contributed by atoms with E-state index in [2.05, 4.69) is 10.1 Å². The summed E-state index contributed by atoms with van der Waals surface area (Å²) in [5.74, 6) is -1.78. The molecule has 0 bridgehead atoms. The van der Waals surface area contributed by atoms with Crippen LogP contribution in [0.1, 0.15) is 21.6 Å². The Morgan fingerprint density at radius 2 is 2.18 bits per heavy atom. The fourth-order valence-electron chi connectivity index (χ4n) is 2.28. The zero-order chi connectivity index (χ0) is 15.7. The molecule has 6 heteroatoms. The number of fused-ring (bicyclic) bond motifs is 1. The van der Waals surface area contributed by atoms with Crippen molar-refractivity contribution in [3.63, 3.8) is 0 Å². The normalized spacial score (nSPS) is 11.4. The van der Waals surface area contributed by atoms with Crippen LogP contribution in [0.25, 0.3) is 23.1 Å². The summed E-state index contributed by atoms with van der Waals surface area (Å²) >= 11 is 0. The van der Waals surface area contributed by atoms with Crippen LogP contribution in [0, 0.1) is 5.82 Å². The molecule has 1 aromatic carbocycles. The van der Waals surface area contributed by atoms with Crippen molar-refractivity contribution in [1.82, 2.24) is 14.8 Å². The van der Waals surface area contributed by atoms with Gasteiger partial charge in [-0.2, -0.15) is 5.10 Å². The Hall–Kier alpha value is -3.02. The number of nitrogens with zero attached hydrogens (tertiary/aromatic N) is 3. The van der Waals surface area contributed by atoms with Gasteiger partial charge in [-0.15, -0.1) is 0 Å². The summed E-state index contributed by atoms with van der Waals surface area (Å²) in [4.78, 5) is 15.1. The predicted molar refractivity (Wildman–Crippen MR) is 80.8 cm³/mol. The van der Waals surface area contributed by atoms with Gasteiger partial charge in [-0.05, 0) is 29.8 Å². The first-order valence-corrected chi connectivity index (χ1v) is 6.54. The maximum absolute atomic E-state index is 14.1. The summed E-state index contributed by atoms with van der Waals surface area (Å²) in [6, 6.07) is 6.11. The Bertz CT molecular complexity index is 885. The molecular formula is C16H12FN3O2. The largest absolute Gasteiger partial charge is 0.478 e. The summed E-state index contributed by atoms with van der Waals surface area (Å²) in [6.45, 7) is 0. The fraction of sp³-hybridized carbons (Fsp3) is 0.0625. The van der Waals surface area contributed by atoms with Gasteiger partial charge >= 0.3 is 5.97 Å². The van der Waals surface area contributed by atoms with Gasteiger partial charge in [0.15, 0.2) is 0 Å². The molecule has 0 fully saturated rings. The minimum atomic E-state index is -1.17. The summed E-state index contributed by atoms with van der Waals surface area (Å²) in [5, 5.41) is 13.8. The van der Waals surface area contributed by atoms with Gasteiger partial charge in [-0.3, -0.25) is 9.67 Å². The highest BCUT2D eigenvalue weighted by Gasteiger charge is 2.15. The number of aryl methyl sites for hydroxylation is 1. The van der Waals surface area contributed by atoms with Gasteiger partial charge in [0.05, 0.1) is 11.3 Å². The lowest BCUT2D eigenvalue weighted by Crippen LogP contribution is -1.98. The molecule has 0 aliphatic carbocycles. The summed E-state index contributed by atoms with van der Waals surface area (Å²) in [7, 11) is 1.62. The van der Waals surface area contributed by atoms with Gasteiger partial charge in [0.2, 0.25) is 0 Å². The monoisotopic (exact) mass is 297 g/mol. The molecule has 2 aromatic heterocycles. The Labute approximate surface area is 125 Å². The maximum Gasteiger partial charge on any atom is 0.335 e. The molecule has 0 aliphatic rings. The van der Waals surface area contributed by atoms with Crippen molar-refractivity contribution in [3.8, 4) is 0 Å². The Balaban J connectivity index is 2.14. The number of aromatic nitrogens is 3. The fourth-order valence-corrected chi connectivity index (χ4v) is 2.28. The van der Waals surface area contributed by atoms with Gasteiger partial charge in [0.1, 0.15) is 11.3 Å². The van der Waals surface area contributed by atoms with Crippen molar-refractivity contribution < 1.29 is 14.3 Å². The van der Waals surface area contributed by atoms with Gasteiger partial charge in [0.25, 0.3) is 0 Å². The molecule has 2 heterocycles. The number of rotatable bonds is 3.